The molecule has 0 aromatic heterocycles. The van der Waals surface area contributed by atoms with E-state index in [0.29, 0.717) is 11.5 Å². The molecule has 3 aromatic carbocycles. The number of rotatable bonds is 9. The maximum absolute atomic E-state index is 12.0. The van der Waals surface area contributed by atoms with Gasteiger partial charge in [-0.1, -0.05) is 42.5 Å². The zero-order valence-electron chi connectivity index (χ0n) is 26.0. The first-order valence-corrected chi connectivity index (χ1v) is 16.2. The third kappa shape index (κ3) is 6.10. The molecule has 3 atom stereocenters. The van der Waals surface area contributed by atoms with E-state index in [2.05, 4.69) is 57.4 Å². The molecule has 44 heavy (non-hydrogen) atoms. The number of fused-ring (bicyclic) bond motifs is 1. The lowest BCUT2D eigenvalue weighted by Crippen LogP contribution is -2.42. The van der Waals surface area contributed by atoms with Crippen LogP contribution in [0.2, 0.25) is 0 Å². The SMILES string of the molecule is Cc1c(C)c2c(c(C)c1OCc1ccccc1)C(CC(Oc1ccc(C=C3SC(=O)NC3=O)cc1)[C@@H]1CCCN1)C(C)(C)O2. The van der Waals surface area contributed by atoms with E-state index >= 15 is 0 Å². The largest absolute Gasteiger partial charge is 0.489 e. The molecule has 6 rings (SSSR count). The van der Waals surface area contributed by atoms with E-state index in [1.165, 1.54) is 5.56 Å². The van der Waals surface area contributed by atoms with E-state index in [0.717, 1.165) is 82.6 Å². The van der Waals surface area contributed by atoms with Crippen molar-refractivity contribution in [3.63, 3.8) is 0 Å². The van der Waals surface area contributed by atoms with E-state index in [1.54, 1.807) is 6.08 Å². The van der Waals surface area contributed by atoms with Crippen molar-refractivity contribution in [2.24, 2.45) is 0 Å². The molecule has 3 aliphatic rings. The molecule has 0 bridgehead atoms. The minimum absolute atomic E-state index is 0.0796. The zero-order valence-corrected chi connectivity index (χ0v) is 26.8. The minimum Gasteiger partial charge on any atom is -0.489 e. The summed E-state index contributed by atoms with van der Waals surface area (Å²) in [6, 6.07) is 18.2. The fraction of sp³-hybridized carbons (Fsp3) is 0.389. The van der Waals surface area contributed by atoms with E-state index < -0.39 is 5.60 Å². The van der Waals surface area contributed by atoms with Gasteiger partial charge in [0.25, 0.3) is 11.1 Å². The number of carbonyl (C=O) groups is 2. The van der Waals surface area contributed by atoms with Crippen LogP contribution in [0.25, 0.3) is 6.08 Å². The number of hydrogen-bond donors (Lipinski definition) is 2. The molecular formula is C36H40N2O5S. The Bertz CT molecular complexity index is 1590. The predicted molar refractivity (Wildman–Crippen MR) is 174 cm³/mol. The van der Waals surface area contributed by atoms with Gasteiger partial charge in [0, 0.05) is 17.5 Å². The molecule has 2 unspecified atom stereocenters. The Hall–Kier alpha value is -3.75. The highest BCUT2D eigenvalue weighted by atomic mass is 32.2. The Labute approximate surface area is 263 Å². The van der Waals surface area contributed by atoms with Gasteiger partial charge in [-0.2, -0.15) is 0 Å². The smallest absolute Gasteiger partial charge is 0.290 e. The van der Waals surface area contributed by atoms with Gasteiger partial charge in [-0.25, -0.2) is 0 Å². The van der Waals surface area contributed by atoms with Crippen LogP contribution in [0.15, 0.2) is 59.5 Å². The van der Waals surface area contributed by atoms with Crippen LogP contribution in [0.5, 0.6) is 17.2 Å². The fourth-order valence-electron chi connectivity index (χ4n) is 6.64. The number of carbonyl (C=O) groups excluding carboxylic acids is 2. The van der Waals surface area contributed by atoms with Crippen LogP contribution in [-0.2, 0) is 11.4 Å². The van der Waals surface area contributed by atoms with Crippen LogP contribution in [0.3, 0.4) is 0 Å². The van der Waals surface area contributed by atoms with Gasteiger partial charge in [-0.05, 0) is 118 Å². The van der Waals surface area contributed by atoms with Crippen molar-refractivity contribution in [2.45, 2.75) is 84.2 Å². The Morgan fingerprint density at radius 3 is 2.43 bits per heavy atom. The van der Waals surface area contributed by atoms with E-state index in [4.69, 9.17) is 14.2 Å². The molecule has 0 radical (unpaired) electrons. The summed E-state index contributed by atoms with van der Waals surface area (Å²) in [6.07, 6.45) is 4.59. The van der Waals surface area contributed by atoms with E-state index in [9.17, 15) is 9.59 Å². The predicted octanol–water partition coefficient (Wildman–Crippen LogP) is 7.36. The second kappa shape index (κ2) is 12.3. The van der Waals surface area contributed by atoms with Gasteiger partial charge in [-0.15, -0.1) is 0 Å². The summed E-state index contributed by atoms with van der Waals surface area (Å²) in [5.74, 6) is 2.43. The summed E-state index contributed by atoms with van der Waals surface area (Å²) < 4.78 is 20.0. The van der Waals surface area contributed by atoms with Crippen molar-refractivity contribution in [1.29, 1.82) is 0 Å². The van der Waals surface area contributed by atoms with Crippen LogP contribution in [0.1, 0.15) is 72.4 Å². The zero-order chi connectivity index (χ0) is 31.0. The van der Waals surface area contributed by atoms with Crippen molar-refractivity contribution >= 4 is 29.0 Å². The minimum atomic E-state index is -0.421. The highest BCUT2D eigenvalue weighted by Gasteiger charge is 2.46. The Balaban J connectivity index is 1.27. The summed E-state index contributed by atoms with van der Waals surface area (Å²) in [6.45, 7) is 12.3. The molecule has 2 amide bonds. The maximum Gasteiger partial charge on any atom is 0.290 e. The second-order valence-corrected chi connectivity index (χ2v) is 13.5. The first-order chi connectivity index (χ1) is 21.1. The molecule has 2 saturated heterocycles. The van der Waals surface area contributed by atoms with Crippen LogP contribution >= 0.6 is 11.8 Å². The Kier molecular flexibility index (Phi) is 8.49. The molecule has 2 fully saturated rings. The molecule has 2 N–H and O–H groups in total. The van der Waals surface area contributed by atoms with Crippen molar-refractivity contribution < 1.29 is 23.8 Å². The van der Waals surface area contributed by atoms with Crippen molar-refractivity contribution in [1.82, 2.24) is 10.6 Å². The molecule has 3 aliphatic heterocycles. The molecule has 0 spiro atoms. The van der Waals surface area contributed by atoms with Gasteiger partial charge in [0.2, 0.25) is 0 Å². The number of ether oxygens (including phenoxy) is 3. The molecule has 0 aliphatic carbocycles. The van der Waals surface area contributed by atoms with Gasteiger partial charge >= 0.3 is 0 Å². The lowest BCUT2D eigenvalue weighted by molar-refractivity contribution is -0.115. The number of benzene rings is 3. The van der Waals surface area contributed by atoms with E-state index in [-0.39, 0.29) is 29.2 Å². The highest BCUT2D eigenvalue weighted by Crippen LogP contribution is 2.53. The second-order valence-electron chi connectivity index (χ2n) is 12.5. The maximum atomic E-state index is 12.0. The van der Waals surface area contributed by atoms with Crippen molar-refractivity contribution in [3.8, 4) is 17.2 Å². The topological polar surface area (TPSA) is 85.9 Å². The van der Waals surface area contributed by atoms with Gasteiger partial charge in [0.15, 0.2) is 0 Å². The van der Waals surface area contributed by atoms with Crippen LogP contribution in [0.4, 0.5) is 4.79 Å². The highest BCUT2D eigenvalue weighted by molar-refractivity contribution is 8.18. The first kappa shape index (κ1) is 30.3. The fourth-order valence-corrected chi connectivity index (χ4v) is 7.32. The molecule has 8 heteroatoms. The van der Waals surface area contributed by atoms with E-state index in [1.807, 2.05) is 42.5 Å². The average Bonchev–Trinajstić information content (AvgIpc) is 3.71. The Morgan fingerprint density at radius 2 is 1.77 bits per heavy atom. The molecule has 3 heterocycles. The third-order valence-corrected chi connectivity index (χ3v) is 9.94. The lowest BCUT2D eigenvalue weighted by atomic mass is 9.78. The van der Waals surface area contributed by atoms with Gasteiger partial charge in [0.1, 0.15) is 35.6 Å². The molecular weight excluding hydrogens is 572 g/mol. The Morgan fingerprint density at radius 1 is 1.02 bits per heavy atom. The first-order valence-electron chi connectivity index (χ1n) is 15.3. The molecule has 7 nitrogen and oxygen atoms in total. The summed E-state index contributed by atoms with van der Waals surface area (Å²) in [7, 11) is 0. The lowest BCUT2D eigenvalue weighted by Gasteiger charge is -2.33. The molecule has 230 valence electrons. The number of thioether (sulfide) groups is 1. The number of amides is 2. The van der Waals surface area contributed by atoms with Gasteiger partial charge < -0.3 is 19.5 Å². The summed E-state index contributed by atoms with van der Waals surface area (Å²) in [4.78, 5) is 23.9. The standard InChI is InChI=1S/C36H40N2O5S/c1-21-22(2)33-31(23(3)32(21)41-20-25-10-7-6-8-11-25)27(36(4,5)43-33)19-29(28-12-9-17-37-28)42-26-15-13-24(14-16-26)18-30-34(39)38-35(40)44-30/h6-8,10-11,13-16,18,27-29,37H,9,12,17,19-20H2,1-5H3,(H,38,39,40)/t27?,28-,29?/m0/s1. The average molecular weight is 613 g/mol. The number of nitrogens with one attached hydrogen (secondary N) is 2. The normalized spacial score (nSPS) is 22.1. The van der Waals surface area contributed by atoms with Crippen LogP contribution in [0, 0.1) is 20.8 Å². The van der Waals surface area contributed by atoms with Gasteiger partial charge in [0.05, 0.1) is 4.91 Å². The monoisotopic (exact) mass is 612 g/mol. The van der Waals surface area contributed by atoms with Gasteiger partial charge in [-0.3, -0.25) is 14.9 Å². The van der Waals surface area contributed by atoms with Crippen molar-refractivity contribution in [2.75, 3.05) is 6.54 Å². The molecule has 0 saturated carbocycles. The summed E-state index contributed by atoms with van der Waals surface area (Å²) in [5.41, 5.74) is 6.15. The number of imide groups is 1. The van der Waals surface area contributed by atoms with Crippen molar-refractivity contribution in [3.05, 3.63) is 92.9 Å². The number of hydrogen-bond acceptors (Lipinski definition) is 7. The summed E-state index contributed by atoms with van der Waals surface area (Å²) >= 11 is 0.919. The quantitative estimate of drug-likeness (QED) is 0.244. The third-order valence-electron chi connectivity index (χ3n) is 9.13. The van der Waals surface area contributed by atoms with Crippen LogP contribution in [-0.4, -0.2) is 35.4 Å². The molecule has 3 aromatic rings. The summed E-state index contributed by atoms with van der Waals surface area (Å²) in [5, 5.41) is 5.63. The van der Waals surface area contributed by atoms with Crippen LogP contribution < -0.4 is 24.8 Å².